The van der Waals surface area contributed by atoms with Gasteiger partial charge in [0, 0.05) is 19.2 Å². The maximum absolute atomic E-state index is 5.17. The number of rotatable bonds is 6. The molecule has 1 unspecified atom stereocenters. The SMILES string of the molecule is COc1cc(N2CCCC(CNCC(C)C)C2)ncn1. The topological polar surface area (TPSA) is 50.3 Å². The van der Waals surface area contributed by atoms with E-state index in [0.29, 0.717) is 17.7 Å². The third-order valence-electron chi connectivity index (χ3n) is 3.67. The highest BCUT2D eigenvalue weighted by Gasteiger charge is 2.21. The van der Waals surface area contributed by atoms with E-state index in [9.17, 15) is 0 Å². The summed E-state index contributed by atoms with van der Waals surface area (Å²) in [4.78, 5) is 10.8. The van der Waals surface area contributed by atoms with Crippen molar-refractivity contribution in [3.8, 4) is 5.88 Å². The normalized spacial score (nSPS) is 19.4. The van der Waals surface area contributed by atoms with Crippen molar-refractivity contribution in [1.82, 2.24) is 15.3 Å². The lowest BCUT2D eigenvalue weighted by Crippen LogP contribution is -2.40. The van der Waals surface area contributed by atoms with Gasteiger partial charge in [0.1, 0.15) is 12.1 Å². The van der Waals surface area contributed by atoms with Crippen molar-refractivity contribution in [1.29, 1.82) is 0 Å². The van der Waals surface area contributed by atoms with Crippen LogP contribution in [-0.2, 0) is 0 Å². The summed E-state index contributed by atoms with van der Waals surface area (Å²) >= 11 is 0. The van der Waals surface area contributed by atoms with Gasteiger partial charge >= 0.3 is 0 Å². The number of hydrogen-bond acceptors (Lipinski definition) is 5. The van der Waals surface area contributed by atoms with Crippen LogP contribution >= 0.6 is 0 Å². The molecule has 20 heavy (non-hydrogen) atoms. The van der Waals surface area contributed by atoms with Crippen LogP contribution in [0.1, 0.15) is 26.7 Å². The minimum atomic E-state index is 0.634. The molecule has 5 heteroatoms. The number of nitrogens with one attached hydrogen (secondary N) is 1. The van der Waals surface area contributed by atoms with Crippen LogP contribution in [0.4, 0.5) is 5.82 Å². The first-order valence-corrected chi connectivity index (χ1v) is 7.50. The highest BCUT2D eigenvalue weighted by molar-refractivity contribution is 5.41. The van der Waals surface area contributed by atoms with Crippen LogP contribution in [0.15, 0.2) is 12.4 Å². The van der Waals surface area contributed by atoms with E-state index in [-0.39, 0.29) is 0 Å². The molecule has 0 amide bonds. The van der Waals surface area contributed by atoms with Crippen LogP contribution in [0.5, 0.6) is 5.88 Å². The second kappa shape index (κ2) is 7.43. The van der Waals surface area contributed by atoms with Crippen molar-refractivity contribution in [2.75, 3.05) is 38.2 Å². The Morgan fingerprint density at radius 3 is 3.05 bits per heavy atom. The number of hydrogen-bond donors (Lipinski definition) is 1. The largest absolute Gasteiger partial charge is 0.481 e. The molecule has 0 aromatic carbocycles. The lowest BCUT2D eigenvalue weighted by atomic mass is 9.98. The zero-order valence-electron chi connectivity index (χ0n) is 12.8. The van der Waals surface area contributed by atoms with Gasteiger partial charge in [0.2, 0.25) is 5.88 Å². The van der Waals surface area contributed by atoms with Gasteiger partial charge in [0.25, 0.3) is 0 Å². The predicted molar refractivity (Wildman–Crippen MR) is 81.2 cm³/mol. The summed E-state index contributed by atoms with van der Waals surface area (Å²) in [6.07, 6.45) is 4.10. The molecule has 0 spiro atoms. The van der Waals surface area contributed by atoms with Gasteiger partial charge in [-0.2, -0.15) is 0 Å². The van der Waals surface area contributed by atoms with Gasteiger partial charge in [0.05, 0.1) is 7.11 Å². The van der Waals surface area contributed by atoms with Crippen LogP contribution < -0.4 is 15.0 Å². The van der Waals surface area contributed by atoms with Crippen LogP contribution in [0.3, 0.4) is 0 Å². The third kappa shape index (κ3) is 4.34. The van der Waals surface area contributed by atoms with E-state index >= 15 is 0 Å². The van der Waals surface area contributed by atoms with E-state index in [2.05, 4.69) is 34.0 Å². The number of nitrogens with zero attached hydrogens (tertiary/aromatic N) is 3. The minimum Gasteiger partial charge on any atom is -0.481 e. The fourth-order valence-electron chi connectivity index (χ4n) is 2.63. The molecular formula is C15H26N4O. The van der Waals surface area contributed by atoms with Gasteiger partial charge < -0.3 is 15.0 Å². The molecule has 1 N–H and O–H groups in total. The second-order valence-electron chi connectivity index (χ2n) is 5.92. The average Bonchev–Trinajstić information content (AvgIpc) is 2.47. The molecule has 1 aromatic heterocycles. The molecule has 0 saturated carbocycles. The molecule has 1 saturated heterocycles. The molecular weight excluding hydrogens is 252 g/mol. The van der Waals surface area contributed by atoms with E-state index in [1.54, 1.807) is 13.4 Å². The van der Waals surface area contributed by atoms with Crippen molar-refractivity contribution in [3.63, 3.8) is 0 Å². The lowest BCUT2D eigenvalue weighted by molar-refractivity contribution is 0.378. The van der Waals surface area contributed by atoms with E-state index < -0.39 is 0 Å². The van der Waals surface area contributed by atoms with Crippen LogP contribution in [0, 0.1) is 11.8 Å². The van der Waals surface area contributed by atoms with Gasteiger partial charge in [-0.25, -0.2) is 9.97 Å². The van der Waals surface area contributed by atoms with Crippen LogP contribution in [-0.4, -0.2) is 43.3 Å². The number of anilines is 1. The minimum absolute atomic E-state index is 0.634. The fourth-order valence-corrected chi connectivity index (χ4v) is 2.63. The smallest absolute Gasteiger partial charge is 0.218 e. The Hall–Kier alpha value is -1.36. The van der Waals surface area contributed by atoms with Gasteiger partial charge in [0.15, 0.2) is 0 Å². The number of piperidine rings is 1. The Kier molecular flexibility index (Phi) is 5.59. The van der Waals surface area contributed by atoms with Gasteiger partial charge in [-0.15, -0.1) is 0 Å². The first-order valence-electron chi connectivity index (χ1n) is 7.50. The third-order valence-corrected chi connectivity index (χ3v) is 3.67. The maximum atomic E-state index is 5.17. The molecule has 0 aliphatic carbocycles. The molecule has 2 heterocycles. The summed E-state index contributed by atoms with van der Waals surface area (Å²) in [5.41, 5.74) is 0. The highest BCUT2D eigenvalue weighted by atomic mass is 16.5. The summed E-state index contributed by atoms with van der Waals surface area (Å²) < 4.78 is 5.17. The first-order chi connectivity index (χ1) is 9.69. The molecule has 2 rings (SSSR count). The molecule has 0 bridgehead atoms. The Morgan fingerprint density at radius 1 is 1.45 bits per heavy atom. The highest BCUT2D eigenvalue weighted by Crippen LogP contribution is 2.22. The van der Waals surface area contributed by atoms with E-state index in [0.717, 1.165) is 32.0 Å². The lowest BCUT2D eigenvalue weighted by Gasteiger charge is -2.33. The summed E-state index contributed by atoms with van der Waals surface area (Å²) in [5, 5.41) is 3.56. The molecule has 1 aliphatic rings. The van der Waals surface area contributed by atoms with Gasteiger partial charge in [-0.1, -0.05) is 13.8 Å². The van der Waals surface area contributed by atoms with Crippen LogP contribution in [0.25, 0.3) is 0 Å². The number of ether oxygens (including phenoxy) is 1. The van der Waals surface area contributed by atoms with Crippen molar-refractivity contribution in [2.24, 2.45) is 11.8 Å². The molecule has 1 aliphatic heterocycles. The quantitative estimate of drug-likeness (QED) is 0.862. The Labute approximate surface area is 121 Å². The zero-order chi connectivity index (χ0) is 14.4. The zero-order valence-corrected chi connectivity index (χ0v) is 12.8. The Morgan fingerprint density at radius 2 is 2.30 bits per heavy atom. The molecule has 1 fully saturated rings. The molecule has 112 valence electrons. The van der Waals surface area contributed by atoms with Crippen molar-refractivity contribution < 1.29 is 4.74 Å². The number of aromatic nitrogens is 2. The summed E-state index contributed by atoms with van der Waals surface area (Å²) in [6.45, 7) is 8.81. The van der Waals surface area contributed by atoms with Crippen LogP contribution in [0.2, 0.25) is 0 Å². The monoisotopic (exact) mass is 278 g/mol. The van der Waals surface area contributed by atoms with E-state index in [4.69, 9.17) is 4.74 Å². The van der Waals surface area contributed by atoms with Gasteiger partial charge in [-0.3, -0.25) is 0 Å². The molecule has 1 atom stereocenters. The fraction of sp³-hybridized carbons (Fsp3) is 0.733. The summed E-state index contributed by atoms with van der Waals surface area (Å²) in [6, 6.07) is 1.92. The Balaban J connectivity index is 1.89. The summed E-state index contributed by atoms with van der Waals surface area (Å²) in [7, 11) is 1.64. The van der Waals surface area contributed by atoms with Crippen molar-refractivity contribution in [2.45, 2.75) is 26.7 Å². The molecule has 0 radical (unpaired) electrons. The second-order valence-corrected chi connectivity index (χ2v) is 5.92. The summed E-state index contributed by atoms with van der Waals surface area (Å²) in [5.74, 6) is 3.02. The maximum Gasteiger partial charge on any atom is 0.218 e. The average molecular weight is 278 g/mol. The van der Waals surface area contributed by atoms with E-state index in [1.165, 1.54) is 12.8 Å². The molecule has 5 nitrogen and oxygen atoms in total. The first kappa shape index (κ1) is 15.0. The molecule has 1 aromatic rings. The standard InChI is InChI=1S/C15H26N4O/c1-12(2)8-16-9-13-5-4-6-19(10-13)14-7-15(20-3)18-11-17-14/h7,11-13,16H,4-6,8-10H2,1-3H3. The van der Waals surface area contributed by atoms with Crippen molar-refractivity contribution >= 4 is 5.82 Å². The predicted octanol–water partition coefficient (Wildman–Crippen LogP) is 1.95. The van der Waals surface area contributed by atoms with Crippen molar-refractivity contribution in [3.05, 3.63) is 12.4 Å². The van der Waals surface area contributed by atoms with E-state index in [1.807, 2.05) is 6.07 Å². The Bertz CT molecular complexity index is 411. The number of methoxy groups -OCH3 is 1. The van der Waals surface area contributed by atoms with Gasteiger partial charge in [-0.05, 0) is 37.8 Å².